The first-order chi connectivity index (χ1) is 9.26. The summed E-state index contributed by atoms with van der Waals surface area (Å²) in [6, 6.07) is 8.64. The van der Waals surface area contributed by atoms with Crippen LogP contribution in [0.15, 0.2) is 36.7 Å². The third kappa shape index (κ3) is 2.34. The maximum Gasteiger partial charge on any atom is 0.173 e. The minimum absolute atomic E-state index is 0.150. The Hall–Kier alpha value is -2.21. The Morgan fingerprint density at radius 2 is 2.16 bits per heavy atom. The molecule has 0 atom stereocenters. The van der Waals surface area contributed by atoms with Crippen molar-refractivity contribution in [2.75, 3.05) is 5.32 Å². The minimum atomic E-state index is 0.150. The lowest BCUT2D eigenvalue weighted by Gasteiger charge is -2.06. The lowest BCUT2D eigenvalue weighted by molar-refractivity contribution is -0.00612. The normalized spacial score (nSPS) is 10.6. The molecule has 3 aromatic rings. The van der Waals surface area contributed by atoms with Crippen molar-refractivity contribution in [3.63, 3.8) is 0 Å². The lowest BCUT2D eigenvalue weighted by atomic mass is 10.3. The number of hydrogen-bond donors (Lipinski definition) is 1. The Bertz CT molecular complexity index is 729. The minimum Gasteiger partial charge on any atom is -0.339 e. The number of halogens is 1. The lowest BCUT2D eigenvalue weighted by Crippen LogP contribution is -1.94. The molecule has 0 spiro atoms. The molecule has 1 N–H and O–H groups in total. The van der Waals surface area contributed by atoms with E-state index in [-0.39, 0.29) is 5.75 Å². The van der Waals surface area contributed by atoms with Crippen molar-refractivity contribution in [1.29, 1.82) is 0 Å². The maximum absolute atomic E-state index is 12.1. The van der Waals surface area contributed by atoms with E-state index >= 15 is 0 Å². The second kappa shape index (κ2) is 4.81. The number of nitrogens with zero attached hydrogens (tertiary/aromatic N) is 2. The van der Waals surface area contributed by atoms with Gasteiger partial charge in [0, 0.05) is 21.2 Å². The molecular weight excluding hydrogens is 265 g/mol. The number of aryl methyl sites for hydroxylation is 1. The van der Waals surface area contributed by atoms with E-state index in [9.17, 15) is 4.53 Å². The predicted octanol–water partition coefficient (Wildman–Crippen LogP) is 4.01. The van der Waals surface area contributed by atoms with Crippen LogP contribution in [-0.2, 0) is 0 Å². The van der Waals surface area contributed by atoms with Gasteiger partial charge in [0.15, 0.2) is 5.75 Å². The van der Waals surface area contributed by atoms with Gasteiger partial charge in [0.1, 0.15) is 17.0 Å². The van der Waals surface area contributed by atoms with Crippen molar-refractivity contribution in [3.05, 3.63) is 41.5 Å². The molecule has 0 aliphatic carbocycles. The molecular formula is C13H10FN3OS. The van der Waals surface area contributed by atoms with Crippen LogP contribution in [0.5, 0.6) is 5.75 Å². The van der Waals surface area contributed by atoms with Crippen LogP contribution < -0.4 is 10.3 Å². The van der Waals surface area contributed by atoms with E-state index in [4.69, 9.17) is 0 Å². The van der Waals surface area contributed by atoms with Crippen molar-refractivity contribution in [2.45, 2.75) is 6.92 Å². The van der Waals surface area contributed by atoms with Crippen molar-refractivity contribution < 1.29 is 9.47 Å². The Kier molecular flexibility index (Phi) is 3.00. The van der Waals surface area contributed by atoms with Gasteiger partial charge in [0.05, 0.1) is 5.39 Å². The standard InChI is InChI=1S/C13H10FN3OS/c1-8-5-11-12(15-7-16-13(11)19-8)17-9-3-2-4-10(6-9)18-14/h2-7H,1H3,(H,15,16,17). The third-order valence-corrected chi connectivity index (χ3v) is 3.60. The summed E-state index contributed by atoms with van der Waals surface area (Å²) in [5.74, 6) is 0.849. The van der Waals surface area contributed by atoms with Crippen LogP contribution in [0, 0.1) is 6.92 Å². The molecule has 2 heterocycles. The Morgan fingerprint density at radius 3 is 3.00 bits per heavy atom. The van der Waals surface area contributed by atoms with Crippen LogP contribution in [0.2, 0.25) is 0 Å². The zero-order valence-corrected chi connectivity index (χ0v) is 10.9. The highest BCUT2D eigenvalue weighted by Crippen LogP contribution is 2.30. The van der Waals surface area contributed by atoms with Gasteiger partial charge < -0.3 is 5.32 Å². The summed E-state index contributed by atoms with van der Waals surface area (Å²) in [7, 11) is 0. The number of benzene rings is 1. The Labute approximate surface area is 112 Å². The van der Waals surface area contributed by atoms with Crippen LogP contribution in [0.25, 0.3) is 10.2 Å². The van der Waals surface area contributed by atoms with E-state index in [2.05, 4.69) is 20.2 Å². The second-order valence-corrected chi connectivity index (χ2v) is 5.26. The average Bonchev–Trinajstić information content (AvgIpc) is 2.80. The number of hydrogen-bond acceptors (Lipinski definition) is 5. The molecule has 0 bridgehead atoms. The molecule has 3 rings (SSSR count). The SMILES string of the molecule is Cc1cc2c(Nc3cccc(OF)c3)ncnc2s1. The first kappa shape index (κ1) is 11.9. The van der Waals surface area contributed by atoms with Gasteiger partial charge in [-0.1, -0.05) is 6.07 Å². The smallest absolute Gasteiger partial charge is 0.173 e. The average molecular weight is 275 g/mol. The van der Waals surface area contributed by atoms with E-state index in [0.717, 1.165) is 10.2 Å². The van der Waals surface area contributed by atoms with Crippen molar-refractivity contribution in [2.24, 2.45) is 0 Å². The summed E-state index contributed by atoms with van der Waals surface area (Å²) in [5.41, 5.74) is 0.707. The van der Waals surface area contributed by atoms with Gasteiger partial charge in [0.2, 0.25) is 0 Å². The number of thiophene rings is 1. The summed E-state index contributed by atoms with van der Waals surface area (Å²) < 4.78 is 12.1. The largest absolute Gasteiger partial charge is 0.339 e. The Balaban J connectivity index is 2.00. The highest BCUT2D eigenvalue weighted by atomic mass is 32.1. The van der Waals surface area contributed by atoms with E-state index in [1.807, 2.05) is 19.1 Å². The topological polar surface area (TPSA) is 47.0 Å². The van der Waals surface area contributed by atoms with Gasteiger partial charge in [-0.25, -0.2) is 9.97 Å². The van der Waals surface area contributed by atoms with E-state index in [1.165, 1.54) is 17.3 Å². The second-order valence-electron chi connectivity index (χ2n) is 4.03. The molecule has 19 heavy (non-hydrogen) atoms. The monoisotopic (exact) mass is 275 g/mol. The van der Waals surface area contributed by atoms with Crippen molar-refractivity contribution >= 4 is 33.1 Å². The molecule has 0 saturated carbocycles. The Morgan fingerprint density at radius 1 is 1.26 bits per heavy atom. The summed E-state index contributed by atoms with van der Waals surface area (Å²) in [5, 5.41) is 4.10. The van der Waals surface area contributed by atoms with E-state index < -0.39 is 0 Å². The molecule has 96 valence electrons. The van der Waals surface area contributed by atoms with Gasteiger partial charge in [-0.3, -0.25) is 4.94 Å². The molecule has 0 saturated heterocycles. The molecule has 0 fully saturated rings. The van der Waals surface area contributed by atoms with Gasteiger partial charge in [-0.05, 0) is 25.1 Å². The molecule has 0 amide bonds. The summed E-state index contributed by atoms with van der Waals surface area (Å²) >= 11 is 1.61. The summed E-state index contributed by atoms with van der Waals surface area (Å²) in [6.45, 7) is 2.02. The molecule has 0 aliphatic heterocycles. The van der Waals surface area contributed by atoms with Gasteiger partial charge in [-0.15, -0.1) is 11.3 Å². The molecule has 0 unspecified atom stereocenters. The fraction of sp³-hybridized carbons (Fsp3) is 0.0769. The molecule has 2 aromatic heterocycles. The van der Waals surface area contributed by atoms with Crippen molar-refractivity contribution in [1.82, 2.24) is 9.97 Å². The maximum atomic E-state index is 12.1. The predicted molar refractivity (Wildman–Crippen MR) is 73.6 cm³/mol. The molecule has 4 nitrogen and oxygen atoms in total. The van der Waals surface area contributed by atoms with Gasteiger partial charge >= 0.3 is 0 Å². The summed E-state index contributed by atoms with van der Waals surface area (Å²) in [4.78, 5) is 14.2. The van der Waals surface area contributed by atoms with Gasteiger partial charge in [-0.2, -0.15) is 0 Å². The van der Waals surface area contributed by atoms with Crippen LogP contribution >= 0.6 is 11.3 Å². The van der Waals surface area contributed by atoms with Crippen LogP contribution in [0.3, 0.4) is 0 Å². The third-order valence-electron chi connectivity index (χ3n) is 2.64. The van der Waals surface area contributed by atoms with Crippen molar-refractivity contribution in [3.8, 4) is 5.75 Å². The highest BCUT2D eigenvalue weighted by molar-refractivity contribution is 7.18. The number of nitrogens with one attached hydrogen (secondary N) is 1. The van der Waals surface area contributed by atoms with Crippen LogP contribution in [-0.4, -0.2) is 9.97 Å². The van der Waals surface area contributed by atoms with E-state index in [0.29, 0.717) is 11.5 Å². The van der Waals surface area contributed by atoms with Gasteiger partial charge in [0.25, 0.3) is 0 Å². The highest BCUT2D eigenvalue weighted by Gasteiger charge is 2.07. The zero-order chi connectivity index (χ0) is 13.2. The molecule has 1 aromatic carbocycles. The summed E-state index contributed by atoms with van der Waals surface area (Å²) in [6.07, 6.45) is 1.51. The number of aromatic nitrogens is 2. The molecule has 0 aliphatic rings. The fourth-order valence-corrected chi connectivity index (χ4v) is 2.68. The zero-order valence-electron chi connectivity index (χ0n) is 10.1. The van der Waals surface area contributed by atoms with Crippen LogP contribution in [0.4, 0.5) is 16.0 Å². The quantitative estimate of drug-likeness (QED) is 0.784. The molecule has 6 heteroatoms. The first-order valence-corrected chi connectivity index (χ1v) is 6.45. The molecule has 0 radical (unpaired) electrons. The number of fused-ring (bicyclic) bond motifs is 1. The van der Waals surface area contributed by atoms with Crippen LogP contribution in [0.1, 0.15) is 4.88 Å². The number of rotatable bonds is 3. The fourth-order valence-electron chi connectivity index (χ4n) is 1.83. The van der Waals surface area contributed by atoms with E-state index in [1.54, 1.807) is 23.5 Å². The number of anilines is 2. The first-order valence-electron chi connectivity index (χ1n) is 5.63.